The topological polar surface area (TPSA) is 74.2 Å². The minimum atomic E-state index is -0.534. The molecule has 6 nitrogen and oxygen atoms in total. The van der Waals surface area contributed by atoms with Crippen molar-refractivity contribution in [3.05, 3.63) is 69.9 Å². The van der Waals surface area contributed by atoms with E-state index in [1.807, 2.05) is 41.8 Å². The van der Waals surface area contributed by atoms with Gasteiger partial charge in [0.25, 0.3) is 0 Å². The Hall–Kier alpha value is -2.84. The molecule has 2 aromatic heterocycles. The van der Waals surface area contributed by atoms with Gasteiger partial charge < -0.3 is 9.47 Å². The fourth-order valence-corrected chi connectivity index (χ4v) is 3.80. The van der Waals surface area contributed by atoms with Crippen molar-refractivity contribution in [1.82, 2.24) is 15.0 Å². The van der Waals surface area contributed by atoms with Gasteiger partial charge in [0.1, 0.15) is 17.4 Å². The molecule has 8 heteroatoms. The zero-order valence-corrected chi connectivity index (χ0v) is 17.2. The third-order valence-electron chi connectivity index (χ3n) is 3.95. The summed E-state index contributed by atoms with van der Waals surface area (Å²) in [5, 5.41) is 2.64. The highest BCUT2D eigenvalue weighted by Gasteiger charge is 2.14. The second-order valence-electron chi connectivity index (χ2n) is 5.81. The summed E-state index contributed by atoms with van der Waals surface area (Å²) in [5.41, 5.74) is 3.08. The first-order chi connectivity index (χ1) is 13.6. The van der Waals surface area contributed by atoms with Crippen LogP contribution in [0.5, 0.6) is 5.75 Å². The first-order valence-electron chi connectivity index (χ1n) is 8.31. The number of nitrogens with zero attached hydrogens (tertiary/aromatic N) is 3. The molecule has 0 unspecified atom stereocenters. The fraction of sp³-hybridized carbons (Fsp3) is 0.100. The van der Waals surface area contributed by atoms with E-state index in [9.17, 15) is 4.79 Å². The monoisotopic (exact) mass is 455 g/mol. The first kappa shape index (κ1) is 18.5. The van der Waals surface area contributed by atoms with Crippen LogP contribution in [-0.4, -0.2) is 28.0 Å². The number of halogens is 1. The van der Waals surface area contributed by atoms with Gasteiger partial charge in [-0.05, 0) is 30.3 Å². The Bertz CT molecular complexity index is 1160. The van der Waals surface area contributed by atoms with Crippen LogP contribution in [0.1, 0.15) is 16.2 Å². The van der Waals surface area contributed by atoms with Crippen LogP contribution in [-0.2, 0) is 11.3 Å². The quantitative estimate of drug-likeness (QED) is 0.399. The lowest BCUT2D eigenvalue weighted by Gasteiger charge is -2.06. The van der Waals surface area contributed by atoms with Crippen molar-refractivity contribution in [3.63, 3.8) is 0 Å². The molecule has 0 saturated heterocycles. The molecule has 0 atom stereocenters. The number of ether oxygens (including phenoxy) is 2. The average molecular weight is 456 g/mol. The minimum absolute atomic E-state index is 0.0557. The minimum Gasteiger partial charge on any atom is -0.496 e. The van der Waals surface area contributed by atoms with Gasteiger partial charge in [-0.2, -0.15) is 0 Å². The van der Waals surface area contributed by atoms with E-state index in [0.717, 1.165) is 26.3 Å². The third kappa shape index (κ3) is 3.88. The smallest absolute Gasteiger partial charge is 0.358 e. The van der Waals surface area contributed by atoms with Crippen LogP contribution in [0.2, 0.25) is 0 Å². The molecule has 140 valence electrons. The maximum atomic E-state index is 12.3. The lowest BCUT2D eigenvalue weighted by molar-refractivity contribution is 0.0461. The van der Waals surface area contributed by atoms with Gasteiger partial charge in [-0.25, -0.2) is 14.8 Å². The lowest BCUT2D eigenvalue weighted by Crippen LogP contribution is -2.08. The number of fused-ring (bicyclic) bond motifs is 1. The summed E-state index contributed by atoms with van der Waals surface area (Å²) in [4.78, 5) is 25.4. The van der Waals surface area contributed by atoms with Crippen molar-refractivity contribution in [2.24, 2.45) is 0 Å². The van der Waals surface area contributed by atoms with Crippen molar-refractivity contribution in [2.45, 2.75) is 6.61 Å². The molecule has 0 saturated carbocycles. The highest BCUT2D eigenvalue weighted by Crippen LogP contribution is 2.34. The molecule has 4 rings (SSSR count). The predicted octanol–water partition coefficient (Wildman–Crippen LogP) is 4.88. The van der Waals surface area contributed by atoms with E-state index in [2.05, 4.69) is 30.9 Å². The van der Waals surface area contributed by atoms with Crippen LogP contribution < -0.4 is 4.74 Å². The van der Waals surface area contributed by atoms with Crippen molar-refractivity contribution in [3.8, 4) is 16.3 Å². The van der Waals surface area contributed by atoms with Crippen LogP contribution >= 0.6 is 27.3 Å². The number of para-hydroxylation sites is 2. The van der Waals surface area contributed by atoms with E-state index in [1.165, 1.54) is 17.5 Å². The van der Waals surface area contributed by atoms with E-state index in [4.69, 9.17) is 9.47 Å². The Morgan fingerprint density at radius 1 is 1.14 bits per heavy atom. The summed E-state index contributed by atoms with van der Waals surface area (Å²) in [6, 6.07) is 13.1. The molecule has 0 bridgehead atoms. The molecular formula is C20H14BrN3O3S. The molecule has 0 amide bonds. The van der Waals surface area contributed by atoms with Crippen molar-refractivity contribution in [1.29, 1.82) is 0 Å². The molecule has 2 heterocycles. The number of aromatic nitrogens is 3. The van der Waals surface area contributed by atoms with E-state index >= 15 is 0 Å². The summed E-state index contributed by atoms with van der Waals surface area (Å²) in [6.07, 6.45) is 1.42. The fourth-order valence-electron chi connectivity index (χ4n) is 2.61. The molecular weight excluding hydrogens is 442 g/mol. The van der Waals surface area contributed by atoms with Gasteiger partial charge in [-0.15, -0.1) is 11.3 Å². The van der Waals surface area contributed by atoms with E-state index in [1.54, 1.807) is 13.2 Å². The SMILES string of the molecule is COc1ccc(Br)cc1-c1nc(COC(=O)c2cnc3ccccc3n2)cs1. The largest absolute Gasteiger partial charge is 0.496 e. The van der Waals surface area contributed by atoms with Crippen LogP contribution in [0.15, 0.2) is 58.5 Å². The Balaban J connectivity index is 1.48. The molecule has 0 aliphatic carbocycles. The number of carbonyl (C=O) groups is 1. The second kappa shape index (κ2) is 8.04. The normalized spacial score (nSPS) is 10.8. The van der Waals surface area contributed by atoms with E-state index in [0.29, 0.717) is 11.2 Å². The lowest BCUT2D eigenvalue weighted by atomic mass is 10.2. The number of hydrogen-bond acceptors (Lipinski definition) is 7. The van der Waals surface area contributed by atoms with Crippen molar-refractivity contribution >= 4 is 44.3 Å². The Labute approximate surface area is 173 Å². The highest BCUT2D eigenvalue weighted by atomic mass is 79.9. The summed E-state index contributed by atoms with van der Waals surface area (Å²) in [6.45, 7) is 0.0557. The number of esters is 1. The summed E-state index contributed by atoms with van der Waals surface area (Å²) in [7, 11) is 1.62. The summed E-state index contributed by atoms with van der Waals surface area (Å²) >= 11 is 4.92. The zero-order valence-electron chi connectivity index (χ0n) is 14.8. The highest BCUT2D eigenvalue weighted by molar-refractivity contribution is 9.10. The maximum Gasteiger partial charge on any atom is 0.358 e. The second-order valence-corrected chi connectivity index (χ2v) is 7.58. The first-order valence-corrected chi connectivity index (χ1v) is 9.98. The van der Waals surface area contributed by atoms with Gasteiger partial charge >= 0.3 is 5.97 Å². The predicted molar refractivity (Wildman–Crippen MR) is 110 cm³/mol. The van der Waals surface area contributed by atoms with Crippen molar-refractivity contribution < 1.29 is 14.3 Å². The number of carbonyl (C=O) groups excluding carboxylic acids is 1. The standard InChI is InChI=1S/C20H14BrN3O3S/c1-26-18-7-6-12(21)8-14(18)19-23-13(11-28-19)10-27-20(25)17-9-22-15-4-2-3-5-16(15)24-17/h2-9,11H,10H2,1H3. The Morgan fingerprint density at radius 3 is 2.79 bits per heavy atom. The van der Waals surface area contributed by atoms with Crippen LogP contribution in [0.4, 0.5) is 0 Å². The van der Waals surface area contributed by atoms with E-state index in [-0.39, 0.29) is 12.3 Å². The number of hydrogen-bond donors (Lipinski definition) is 0. The molecule has 0 aliphatic heterocycles. The average Bonchev–Trinajstić information content (AvgIpc) is 3.20. The molecule has 2 aromatic carbocycles. The molecule has 0 radical (unpaired) electrons. The van der Waals surface area contributed by atoms with Gasteiger partial charge in [0.2, 0.25) is 0 Å². The molecule has 0 aliphatic rings. The molecule has 0 fully saturated rings. The molecule has 28 heavy (non-hydrogen) atoms. The number of rotatable bonds is 5. The Morgan fingerprint density at radius 2 is 1.96 bits per heavy atom. The number of thiazole rings is 1. The van der Waals surface area contributed by atoms with Gasteiger partial charge in [0.15, 0.2) is 5.69 Å². The summed E-state index contributed by atoms with van der Waals surface area (Å²) in [5.74, 6) is 0.195. The molecule has 4 aromatic rings. The molecule has 0 N–H and O–H groups in total. The number of methoxy groups -OCH3 is 1. The zero-order chi connectivity index (χ0) is 19.5. The van der Waals surface area contributed by atoms with Crippen molar-refractivity contribution in [2.75, 3.05) is 7.11 Å². The molecule has 0 spiro atoms. The summed E-state index contributed by atoms with van der Waals surface area (Å²) < 4.78 is 11.7. The van der Waals surface area contributed by atoms with Gasteiger partial charge in [-0.3, -0.25) is 4.98 Å². The van der Waals surface area contributed by atoms with Gasteiger partial charge in [-0.1, -0.05) is 28.1 Å². The maximum absolute atomic E-state index is 12.3. The van der Waals surface area contributed by atoms with Gasteiger partial charge in [0.05, 0.1) is 35.6 Å². The Kier molecular flexibility index (Phi) is 5.31. The van der Waals surface area contributed by atoms with Crippen LogP contribution in [0, 0.1) is 0 Å². The number of benzene rings is 2. The van der Waals surface area contributed by atoms with Crippen LogP contribution in [0.25, 0.3) is 21.6 Å². The van der Waals surface area contributed by atoms with E-state index < -0.39 is 5.97 Å². The third-order valence-corrected chi connectivity index (χ3v) is 5.37. The van der Waals surface area contributed by atoms with Crippen LogP contribution in [0.3, 0.4) is 0 Å². The van der Waals surface area contributed by atoms with Gasteiger partial charge in [0, 0.05) is 9.85 Å².